The second kappa shape index (κ2) is 4.23. The van der Waals surface area contributed by atoms with E-state index in [-0.39, 0.29) is 18.3 Å². The highest BCUT2D eigenvalue weighted by Gasteiger charge is 2.34. The minimum atomic E-state index is -0.848. The van der Waals surface area contributed by atoms with Crippen LogP contribution in [-0.4, -0.2) is 37.2 Å². The number of carbonyl (C=O) groups excluding carboxylic acids is 1. The molecule has 1 saturated heterocycles. The van der Waals surface area contributed by atoms with Gasteiger partial charge >= 0.3 is 11.9 Å². The fraction of sp³-hybridized carbons (Fsp3) is 0.750. The quantitative estimate of drug-likeness (QED) is 0.581. The van der Waals surface area contributed by atoms with E-state index < -0.39 is 11.9 Å². The van der Waals surface area contributed by atoms with Crippen molar-refractivity contribution in [1.82, 2.24) is 5.32 Å². The topological polar surface area (TPSA) is 75.6 Å². The number of aliphatic carboxylic acids is 1. The summed E-state index contributed by atoms with van der Waals surface area (Å²) < 4.78 is 4.48. The van der Waals surface area contributed by atoms with E-state index in [0.29, 0.717) is 13.1 Å². The van der Waals surface area contributed by atoms with Crippen LogP contribution in [0.5, 0.6) is 0 Å². The molecule has 0 aromatic rings. The lowest BCUT2D eigenvalue weighted by molar-refractivity contribution is -0.145. The van der Waals surface area contributed by atoms with E-state index in [0.717, 1.165) is 0 Å². The van der Waals surface area contributed by atoms with Crippen LogP contribution in [-0.2, 0) is 14.3 Å². The molecule has 13 heavy (non-hydrogen) atoms. The van der Waals surface area contributed by atoms with Crippen molar-refractivity contribution >= 4 is 11.9 Å². The number of esters is 1. The summed E-state index contributed by atoms with van der Waals surface area (Å²) in [6, 6.07) is 0. The first-order valence-electron chi connectivity index (χ1n) is 4.15. The Hall–Kier alpha value is -1.10. The summed E-state index contributed by atoms with van der Waals surface area (Å²) in [6.07, 6.45) is 0.181. The molecule has 0 aromatic heterocycles. The molecule has 0 unspecified atom stereocenters. The molecule has 5 nitrogen and oxygen atoms in total. The van der Waals surface area contributed by atoms with Crippen molar-refractivity contribution in [3.05, 3.63) is 0 Å². The van der Waals surface area contributed by atoms with Gasteiger partial charge in [-0.05, 0) is 12.5 Å². The maximum atomic E-state index is 10.9. The smallest absolute Gasteiger partial charge is 0.308 e. The third-order valence-electron chi connectivity index (χ3n) is 2.31. The van der Waals surface area contributed by atoms with Crippen molar-refractivity contribution in [2.24, 2.45) is 11.8 Å². The average Bonchev–Trinajstić information content (AvgIpc) is 2.52. The van der Waals surface area contributed by atoms with Gasteiger partial charge in [0.25, 0.3) is 0 Å². The lowest BCUT2D eigenvalue weighted by atomic mass is 9.93. The van der Waals surface area contributed by atoms with Gasteiger partial charge in [0.15, 0.2) is 0 Å². The number of carbonyl (C=O) groups is 2. The Kier molecular flexibility index (Phi) is 3.25. The van der Waals surface area contributed by atoms with E-state index >= 15 is 0 Å². The Morgan fingerprint density at radius 1 is 1.54 bits per heavy atom. The second-order valence-electron chi connectivity index (χ2n) is 3.14. The number of rotatable bonds is 3. The Bertz CT molecular complexity index is 216. The Morgan fingerprint density at radius 2 is 2.23 bits per heavy atom. The first-order chi connectivity index (χ1) is 6.15. The monoisotopic (exact) mass is 187 g/mol. The molecule has 0 bridgehead atoms. The van der Waals surface area contributed by atoms with Gasteiger partial charge in [0.05, 0.1) is 19.4 Å². The van der Waals surface area contributed by atoms with E-state index in [2.05, 4.69) is 10.1 Å². The van der Waals surface area contributed by atoms with Crippen molar-refractivity contribution in [2.75, 3.05) is 20.2 Å². The summed E-state index contributed by atoms with van der Waals surface area (Å²) >= 11 is 0. The van der Waals surface area contributed by atoms with Crippen molar-refractivity contribution in [3.8, 4) is 0 Å². The van der Waals surface area contributed by atoms with Crippen LogP contribution in [0.3, 0.4) is 0 Å². The molecule has 0 aliphatic carbocycles. The zero-order valence-corrected chi connectivity index (χ0v) is 7.45. The van der Waals surface area contributed by atoms with E-state index in [9.17, 15) is 9.59 Å². The van der Waals surface area contributed by atoms with E-state index in [4.69, 9.17) is 5.11 Å². The van der Waals surface area contributed by atoms with Gasteiger partial charge in [0, 0.05) is 6.54 Å². The number of carboxylic acid groups (broad SMARTS) is 1. The van der Waals surface area contributed by atoms with Crippen LogP contribution in [0.15, 0.2) is 0 Å². The lowest BCUT2D eigenvalue weighted by Crippen LogP contribution is -2.24. The van der Waals surface area contributed by atoms with Crippen LogP contribution < -0.4 is 5.32 Å². The zero-order valence-electron chi connectivity index (χ0n) is 7.45. The number of hydrogen-bond acceptors (Lipinski definition) is 4. The molecule has 0 saturated carbocycles. The molecule has 1 heterocycles. The van der Waals surface area contributed by atoms with E-state index in [1.165, 1.54) is 7.11 Å². The third-order valence-corrected chi connectivity index (χ3v) is 2.31. The van der Waals surface area contributed by atoms with Crippen molar-refractivity contribution in [1.29, 1.82) is 0 Å². The maximum Gasteiger partial charge on any atom is 0.308 e. The highest BCUT2D eigenvalue weighted by Crippen LogP contribution is 2.20. The van der Waals surface area contributed by atoms with E-state index in [1.807, 2.05) is 0 Å². The molecule has 1 aliphatic rings. The standard InChI is InChI=1S/C8H13NO4/c1-13-7(10)2-5-3-9-4-6(5)8(11)12/h5-6,9H,2-4H2,1H3,(H,11,12)/t5-,6+/m0/s1. The molecule has 0 aromatic carbocycles. The minimum Gasteiger partial charge on any atom is -0.481 e. The van der Waals surface area contributed by atoms with Gasteiger partial charge in [-0.15, -0.1) is 0 Å². The molecule has 2 atom stereocenters. The maximum absolute atomic E-state index is 10.9. The predicted molar refractivity (Wildman–Crippen MR) is 44.1 cm³/mol. The Balaban J connectivity index is 2.48. The highest BCUT2D eigenvalue weighted by atomic mass is 16.5. The van der Waals surface area contributed by atoms with E-state index in [1.54, 1.807) is 0 Å². The van der Waals surface area contributed by atoms with Crippen LogP contribution in [0.1, 0.15) is 6.42 Å². The zero-order chi connectivity index (χ0) is 9.84. The number of carboxylic acids is 1. The molecule has 1 aliphatic heterocycles. The molecule has 0 radical (unpaired) electrons. The Labute approximate surface area is 76.1 Å². The first kappa shape index (κ1) is 9.98. The number of hydrogen-bond donors (Lipinski definition) is 2. The van der Waals surface area contributed by atoms with Crippen molar-refractivity contribution < 1.29 is 19.4 Å². The summed E-state index contributed by atoms with van der Waals surface area (Å²) in [4.78, 5) is 21.6. The highest BCUT2D eigenvalue weighted by molar-refractivity contribution is 5.74. The summed E-state index contributed by atoms with van der Waals surface area (Å²) in [6.45, 7) is 1.02. The molecule has 1 rings (SSSR count). The largest absolute Gasteiger partial charge is 0.481 e. The fourth-order valence-electron chi connectivity index (χ4n) is 1.53. The van der Waals surface area contributed by atoms with Crippen LogP contribution in [0.4, 0.5) is 0 Å². The minimum absolute atomic E-state index is 0.134. The summed E-state index contributed by atoms with van der Waals surface area (Å²) in [5, 5.41) is 11.7. The molecular weight excluding hydrogens is 174 g/mol. The van der Waals surface area contributed by atoms with Gasteiger partial charge < -0.3 is 15.2 Å². The van der Waals surface area contributed by atoms with Gasteiger partial charge in [-0.3, -0.25) is 9.59 Å². The van der Waals surface area contributed by atoms with Gasteiger partial charge in [-0.1, -0.05) is 0 Å². The van der Waals surface area contributed by atoms with Crippen LogP contribution in [0.2, 0.25) is 0 Å². The molecule has 74 valence electrons. The number of ether oxygens (including phenoxy) is 1. The molecule has 0 spiro atoms. The second-order valence-corrected chi connectivity index (χ2v) is 3.14. The molecule has 0 amide bonds. The fourth-order valence-corrected chi connectivity index (χ4v) is 1.53. The summed E-state index contributed by atoms with van der Waals surface area (Å²) in [5.41, 5.74) is 0. The van der Waals surface area contributed by atoms with Gasteiger partial charge in [-0.2, -0.15) is 0 Å². The third kappa shape index (κ3) is 2.42. The lowest BCUT2D eigenvalue weighted by Gasteiger charge is -2.12. The molecule has 5 heteroatoms. The van der Waals surface area contributed by atoms with Crippen LogP contribution >= 0.6 is 0 Å². The normalized spacial score (nSPS) is 27.2. The Morgan fingerprint density at radius 3 is 2.77 bits per heavy atom. The van der Waals surface area contributed by atoms with Crippen LogP contribution in [0, 0.1) is 11.8 Å². The van der Waals surface area contributed by atoms with Crippen molar-refractivity contribution in [3.63, 3.8) is 0 Å². The first-order valence-corrected chi connectivity index (χ1v) is 4.15. The molecule has 1 fully saturated rings. The van der Waals surface area contributed by atoms with Gasteiger partial charge in [0.1, 0.15) is 0 Å². The van der Waals surface area contributed by atoms with Crippen molar-refractivity contribution in [2.45, 2.75) is 6.42 Å². The number of methoxy groups -OCH3 is 1. The molecule has 2 N–H and O–H groups in total. The SMILES string of the molecule is COC(=O)C[C@H]1CNC[C@H]1C(=O)O. The summed E-state index contributed by atoms with van der Waals surface area (Å²) in [7, 11) is 1.31. The number of nitrogens with one attached hydrogen (secondary N) is 1. The molecular formula is C8H13NO4. The van der Waals surface area contributed by atoms with Gasteiger partial charge in [0.2, 0.25) is 0 Å². The average molecular weight is 187 g/mol. The van der Waals surface area contributed by atoms with Crippen LogP contribution in [0.25, 0.3) is 0 Å². The predicted octanol–water partition coefficient (Wildman–Crippen LogP) is -0.530. The van der Waals surface area contributed by atoms with Gasteiger partial charge in [-0.25, -0.2) is 0 Å². The summed E-state index contributed by atoms with van der Waals surface area (Å²) in [5.74, 6) is -1.79.